The van der Waals surface area contributed by atoms with Crippen LogP contribution in [-0.4, -0.2) is 38.9 Å². The van der Waals surface area contributed by atoms with Crippen molar-refractivity contribution in [2.24, 2.45) is 5.92 Å². The van der Waals surface area contributed by atoms with E-state index in [9.17, 15) is 8.42 Å². The van der Waals surface area contributed by atoms with Gasteiger partial charge in [-0.3, -0.25) is 0 Å². The Hall–Kier alpha value is -0.950. The van der Waals surface area contributed by atoms with Crippen LogP contribution in [-0.2, 0) is 16.8 Å². The quantitative estimate of drug-likeness (QED) is 0.799. The minimum Gasteiger partial charge on any atom is -0.317 e. The van der Waals surface area contributed by atoms with Crippen molar-refractivity contribution in [2.45, 2.75) is 26.3 Å². The highest BCUT2D eigenvalue weighted by Gasteiger charge is 2.27. The highest BCUT2D eigenvalue weighted by atomic mass is 32.2. The van der Waals surface area contributed by atoms with E-state index in [0.717, 1.165) is 31.5 Å². The van der Waals surface area contributed by atoms with Crippen LogP contribution < -0.4 is 10.0 Å². The fourth-order valence-electron chi connectivity index (χ4n) is 2.56. The molecule has 0 saturated carbocycles. The van der Waals surface area contributed by atoms with Gasteiger partial charge < -0.3 is 5.32 Å². The Balaban J connectivity index is 1.81. The summed E-state index contributed by atoms with van der Waals surface area (Å²) in [6.07, 6.45) is 1.86. The standard InChI is InChI=1S/C15H25N3O2S/c1-2-16-12-15-8-10-18(11-9-15)21(19,20)17-13-14-6-4-3-5-7-14/h3-7,15-17H,2,8-13H2,1H3. The molecule has 0 aromatic heterocycles. The molecule has 0 spiro atoms. The molecule has 0 bridgehead atoms. The Bertz CT molecular complexity index is 511. The molecule has 1 aromatic carbocycles. The lowest BCUT2D eigenvalue weighted by atomic mass is 9.98. The van der Waals surface area contributed by atoms with Crippen molar-refractivity contribution in [2.75, 3.05) is 26.2 Å². The van der Waals surface area contributed by atoms with Crippen LogP contribution in [0.3, 0.4) is 0 Å². The lowest BCUT2D eigenvalue weighted by molar-refractivity contribution is 0.266. The Morgan fingerprint density at radius 2 is 1.86 bits per heavy atom. The molecule has 1 aliphatic heterocycles. The van der Waals surface area contributed by atoms with Gasteiger partial charge in [0, 0.05) is 19.6 Å². The fourth-order valence-corrected chi connectivity index (χ4v) is 3.79. The van der Waals surface area contributed by atoms with Gasteiger partial charge in [0.25, 0.3) is 10.2 Å². The molecule has 5 nitrogen and oxygen atoms in total. The maximum Gasteiger partial charge on any atom is 0.279 e. The van der Waals surface area contributed by atoms with Gasteiger partial charge in [-0.1, -0.05) is 37.3 Å². The molecule has 1 aliphatic rings. The minimum atomic E-state index is -3.36. The zero-order valence-corrected chi connectivity index (χ0v) is 13.4. The number of hydrogen-bond acceptors (Lipinski definition) is 3. The molecule has 0 atom stereocenters. The van der Waals surface area contributed by atoms with Gasteiger partial charge in [0.2, 0.25) is 0 Å². The van der Waals surface area contributed by atoms with Crippen LogP contribution in [0.5, 0.6) is 0 Å². The van der Waals surface area contributed by atoms with Crippen molar-refractivity contribution < 1.29 is 8.42 Å². The van der Waals surface area contributed by atoms with Gasteiger partial charge in [-0.15, -0.1) is 0 Å². The predicted molar refractivity (Wildman–Crippen MR) is 85.0 cm³/mol. The molecule has 6 heteroatoms. The van der Waals surface area contributed by atoms with E-state index < -0.39 is 10.2 Å². The van der Waals surface area contributed by atoms with E-state index in [1.54, 1.807) is 4.31 Å². The molecular formula is C15H25N3O2S. The summed E-state index contributed by atoms with van der Waals surface area (Å²) in [5, 5.41) is 3.33. The molecule has 2 rings (SSSR count). The number of rotatable bonds is 7. The first kappa shape index (κ1) is 16.4. The highest BCUT2D eigenvalue weighted by Crippen LogP contribution is 2.18. The maximum absolute atomic E-state index is 12.3. The Labute approximate surface area is 127 Å². The number of nitrogens with one attached hydrogen (secondary N) is 2. The van der Waals surface area contributed by atoms with E-state index in [2.05, 4.69) is 17.0 Å². The normalized spacial score (nSPS) is 18.0. The molecular weight excluding hydrogens is 286 g/mol. The summed E-state index contributed by atoms with van der Waals surface area (Å²) in [4.78, 5) is 0. The van der Waals surface area contributed by atoms with Crippen molar-refractivity contribution in [3.63, 3.8) is 0 Å². The molecule has 0 radical (unpaired) electrons. The summed E-state index contributed by atoms with van der Waals surface area (Å²) in [7, 11) is -3.36. The SMILES string of the molecule is CCNCC1CCN(S(=O)(=O)NCc2ccccc2)CC1. The Kier molecular flexibility index (Phi) is 6.17. The van der Waals surface area contributed by atoms with Crippen molar-refractivity contribution in [3.05, 3.63) is 35.9 Å². The number of hydrogen-bond donors (Lipinski definition) is 2. The van der Waals surface area contributed by atoms with E-state index in [0.29, 0.717) is 25.6 Å². The van der Waals surface area contributed by atoms with Gasteiger partial charge in [-0.25, -0.2) is 0 Å². The summed E-state index contributed by atoms with van der Waals surface area (Å²) in [5.41, 5.74) is 0.975. The first-order valence-corrected chi connectivity index (χ1v) is 9.05. The van der Waals surface area contributed by atoms with Gasteiger partial charge in [0.05, 0.1) is 0 Å². The van der Waals surface area contributed by atoms with Crippen LogP contribution >= 0.6 is 0 Å². The zero-order valence-electron chi connectivity index (χ0n) is 12.6. The maximum atomic E-state index is 12.3. The van der Waals surface area contributed by atoms with Crippen LogP contribution in [0.25, 0.3) is 0 Å². The average Bonchev–Trinajstić information content (AvgIpc) is 2.52. The number of piperidine rings is 1. The van der Waals surface area contributed by atoms with Gasteiger partial charge in [0.1, 0.15) is 0 Å². The van der Waals surface area contributed by atoms with Crippen molar-refractivity contribution in [3.8, 4) is 0 Å². The lowest BCUT2D eigenvalue weighted by Gasteiger charge is -2.31. The predicted octanol–water partition coefficient (Wildman–Crippen LogP) is 1.34. The van der Waals surface area contributed by atoms with E-state index in [-0.39, 0.29) is 0 Å². The van der Waals surface area contributed by atoms with E-state index in [1.165, 1.54) is 0 Å². The van der Waals surface area contributed by atoms with Gasteiger partial charge in [0.15, 0.2) is 0 Å². The van der Waals surface area contributed by atoms with E-state index in [1.807, 2.05) is 30.3 Å². The van der Waals surface area contributed by atoms with Crippen molar-refractivity contribution in [1.82, 2.24) is 14.3 Å². The van der Waals surface area contributed by atoms with Crippen LogP contribution in [0.4, 0.5) is 0 Å². The summed E-state index contributed by atoms with van der Waals surface area (Å²) in [5.74, 6) is 0.588. The van der Waals surface area contributed by atoms with Crippen LogP contribution in [0.15, 0.2) is 30.3 Å². The largest absolute Gasteiger partial charge is 0.317 e. The summed E-state index contributed by atoms with van der Waals surface area (Å²) in [6.45, 7) is 5.62. The third kappa shape index (κ3) is 5.07. The molecule has 118 valence electrons. The Morgan fingerprint density at radius 1 is 1.19 bits per heavy atom. The van der Waals surface area contributed by atoms with Crippen molar-refractivity contribution in [1.29, 1.82) is 0 Å². The van der Waals surface area contributed by atoms with Gasteiger partial charge in [-0.05, 0) is 37.4 Å². The average molecular weight is 311 g/mol. The summed E-state index contributed by atoms with van der Waals surface area (Å²) >= 11 is 0. The molecule has 21 heavy (non-hydrogen) atoms. The first-order chi connectivity index (χ1) is 10.1. The van der Waals surface area contributed by atoms with E-state index in [4.69, 9.17) is 0 Å². The zero-order chi connectivity index (χ0) is 15.1. The highest BCUT2D eigenvalue weighted by molar-refractivity contribution is 7.87. The monoisotopic (exact) mass is 311 g/mol. The number of nitrogens with zero attached hydrogens (tertiary/aromatic N) is 1. The second-order valence-corrected chi connectivity index (χ2v) is 7.22. The lowest BCUT2D eigenvalue weighted by Crippen LogP contribution is -2.45. The molecule has 0 aliphatic carbocycles. The summed E-state index contributed by atoms with van der Waals surface area (Å²) in [6, 6.07) is 9.59. The van der Waals surface area contributed by atoms with Crippen LogP contribution in [0.2, 0.25) is 0 Å². The second-order valence-electron chi connectivity index (χ2n) is 5.46. The third-order valence-corrected chi connectivity index (χ3v) is 5.45. The third-order valence-electron chi connectivity index (χ3n) is 3.90. The van der Waals surface area contributed by atoms with Crippen LogP contribution in [0.1, 0.15) is 25.3 Å². The molecule has 0 amide bonds. The van der Waals surface area contributed by atoms with Gasteiger partial charge >= 0.3 is 0 Å². The molecule has 1 aromatic rings. The second kappa shape index (κ2) is 7.89. The molecule has 1 heterocycles. The molecule has 0 unspecified atom stereocenters. The van der Waals surface area contributed by atoms with Crippen molar-refractivity contribution >= 4 is 10.2 Å². The van der Waals surface area contributed by atoms with Crippen LogP contribution in [0, 0.1) is 5.92 Å². The first-order valence-electron chi connectivity index (χ1n) is 7.61. The molecule has 1 fully saturated rings. The minimum absolute atomic E-state index is 0.348. The summed E-state index contributed by atoms with van der Waals surface area (Å²) < 4.78 is 28.8. The number of benzene rings is 1. The molecule has 2 N–H and O–H groups in total. The van der Waals surface area contributed by atoms with Gasteiger partial charge in [-0.2, -0.15) is 17.4 Å². The Morgan fingerprint density at radius 3 is 2.48 bits per heavy atom. The fraction of sp³-hybridized carbons (Fsp3) is 0.600. The smallest absolute Gasteiger partial charge is 0.279 e. The van der Waals surface area contributed by atoms with E-state index >= 15 is 0 Å². The molecule has 1 saturated heterocycles. The topological polar surface area (TPSA) is 61.4 Å².